The van der Waals surface area contributed by atoms with Crippen molar-refractivity contribution in [2.24, 2.45) is 5.92 Å². The standard InChI is InChI=1S/C15H21FN2O2/c1-10-5-6-13(16)14(7-10)18-15(20)17-9-11-3-2-4-12(19)8-11/h5-7,11-12,19H,2-4,8-9H2,1H3,(H2,17,18,20). The van der Waals surface area contributed by atoms with E-state index in [0.717, 1.165) is 31.2 Å². The molecule has 1 saturated carbocycles. The Labute approximate surface area is 118 Å². The molecule has 1 fully saturated rings. The first kappa shape index (κ1) is 14.8. The molecule has 3 N–H and O–H groups in total. The third-order valence-corrected chi connectivity index (χ3v) is 3.68. The summed E-state index contributed by atoms with van der Waals surface area (Å²) >= 11 is 0. The molecule has 0 aliphatic heterocycles. The van der Waals surface area contributed by atoms with Crippen molar-refractivity contribution in [1.82, 2.24) is 5.32 Å². The molecule has 0 radical (unpaired) electrons. The molecule has 2 rings (SSSR count). The monoisotopic (exact) mass is 280 g/mol. The van der Waals surface area contributed by atoms with Gasteiger partial charge in [-0.25, -0.2) is 9.18 Å². The number of aliphatic hydroxyl groups is 1. The largest absolute Gasteiger partial charge is 0.393 e. The number of benzene rings is 1. The molecule has 1 aliphatic rings. The lowest BCUT2D eigenvalue weighted by Crippen LogP contribution is -2.35. The number of rotatable bonds is 3. The SMILES string of the molecule is Cc1ccc(F)c(NC(=O)NCC2CCCC(O)C2)c1. The summed E-state index contributed by atoms with van der Waals surface area (Å²) in [5.74, 6) is -0.148. The molecule has 2 amide bonds. The van der Waals surface area contributed by atoms with Crippen LogP contribution in [0, 0.1) is 18.7 Å². The van der Waals surface area contributed by atoms with Crippen LogP contribution in [-0.2, 0) is 0 Å². The first-order valence-corrected chi connectivity index (χ1v) is 7.03. The van der Waals surface area contributed by atoms with Crippen molar-refractivity contribution in [2.45, 2.75) is 38.7 Å². The second kappa shape index (κ2) is 6.70. The maximum Gasteiger partial charge on any atom is 0.319 e. The number of aliphatic hydroxyl groups excluding tert-OH is 1. The van der Waals surface area contributed by atoms with E-state index < -0.39 is 11.8 Å². The summed E-state index contributed by atoms with van der Waals surface area (Å²) in [7, 11) is 0. The Balaban J connectivity index is 1.82. The average molecular weight is 280 g/mol. The van der Waals surface area contributed by atoms with Crippen LogP contribution in [-0.4, -0.2) is 23.8 Å². The van der Waals surface area contributed by atoms with Gasteiger partial charge >= 0.3 is 6.03 Å². The van der Waals surface area contributed by atoms with E-state index in [1.54, 1.807) is 12.1 Å². The zero-order valence-corrected chi connectivity index (χ0v) is 11.7. The number of hydrogen-bond donors (Lipinski definition) is 3. The summed E-state index contributed by atoms with van der Waals surface area (Å²) in [5, 5.41) is 14.8. The molecule has 0 heterocycles. The fourth-order valence-corrected chi connectivity index (χ4v) is 2.59. The molecule has 0 saturated heterocycles. The molecule has 0 aromatic heterocycles. The minimum atomic E-state index is -0.446. The van der Waals surface area contributed by atoms with E-state index in [0.29, 0.717) is 12.5 Å². The first-order valence-electron chi connectivity index (χ1n) is 7.03. The highest BCUT2D eigenvalue weighted by molar-refractivity contribution is 5.89. The van der Waals surface area contributed by atoms with E-state index >= 15 is 0 Å². The maximum atomic E-state index is 13.5. The molecular weight excluding hydrogens is 259 g/mol. The second-order valence-electron chi connectivity index (χ2n) is 5.50. The summed E-state index contributed by atoms with van der Waals surface area (Å²) in [6.45, 7) is 2.35. The van der Waals surface area contributed by atoms with E-state index in [4.69, 9.17) is 0 Å². The number of hydrogen-bond acceptors (Lipinski definition) is 2. The molecular formula is C15H21FN2O2. The second-order valence-corrected chi connectivity index (χ2v) is 5.50. The number of carbonyl (C=O) groups excluding carboxylic acids is 1. The Kier molecular flexibility index (Phi) is 4.95. The smallest absolute Gasteiger partial charge is 0.319 e. The predicted molar refractivity (Wildman–Crippen MR) is 76.1 cm³/mol. The highest BCUT2D eigenvalue weighted by Crippen LogP contribution is 2.23. The quantitative estimate of drug-likeness (QED) is 0.797. The van der Waals surface area contributed by atoms with Gasteiger partial charge in [-0.1, -0.05) is 12.5 Å². The normalized spacial score (nSPS) is 22.4. The molecule has 1 aromatic rings. The van der Waals surface area contributed by atoms with Gasteiger partial charge in [0.25, 0.3) is 0 Å². The van der Waals surface area contributed by atoms with Gasteiger partial charge in [-0.3, -0.25) is 0 Å². The van der Waals surface area contributed by atoms with Crippen LogP contribution in [0.15, 0.2) is 18.2 Å². The first-order chi connectivity index (χ1) is 9.54. The lowest BCUT2D eigenvalue weighted by atomic mass is 9.87. The average Bonchev–Trinajstić information content (AvgIpc) is 2.41. The van der Waals surface area contributed by atoms with Gasteiger partial charge in [0.05, 0.1) is 11.8 Å². The fourth-order valence-electron chi connectivity index (χ4n) is 2.59. The number of amides is 2. The molecule has 1 aromatic carbocycles. The van der Waals surface area contributed by atoms with Crippen LogP contribution in [0.1, 0.15) is 31.2 Å². The van der Waals surface area contributed by atoms with Crippen molar-refractivity contribution in [1.29, 1.82) is 0 Å². The molecule has 4 nitrogen and oxygen atoms in total. The molecule has 5 heteroatoms. The minimum Gasteiger partial charge on any atom is -0.393 e. The van der Waals surface area contributed by atoms with Gasteiger partial charge < -0.3 is 15.7 Å². The van der Waals surface area contributed by atoms with Crippen LogP contribution >= 0.6 is 0 Å². The number of anilines is 1. The van der Waals surface area contributed by atoms with Gasteiger partial charge in [-0.2, -0.15) is 0 Å². The molecule has 1 aliphatic carbocycles. The van der Waals surface area contributed by atoms with Gasteiger partial charge in [0, 0.05) is 6.54 Å². The number of carbonyl (C=O) groups is 1. The Hall–Kier alpha value is -1.62. The Bertz CT molecular complexity index is 479. The summed E-state index contributed by atoms with van der Waals surface area (Å²) in [4.78, 5) is 11.7. The van der Waals surface area contributed by atoms with E-state index in [-0.39, 0.29) is 11.8 Å². The summed E-state index contributed by atoms with van der Waals surface area (Å²) in [6, 6.07) is 4.18. The Morgan fingerprint density at radius 1 is 1.45 bits per heavy atom. The van der Waals surface area contributed by atoms with E-state index in [9.17, 15) is 14.3 Å². The summed E-state index contributed by atoms with van der Waals surface area (Å²) in [6.07, 6.45) is 3.31. The Morgan fingerprint density at radius 3 is 3.00 bits per heavy atom. The van der Waals surface area contributed by atoms with Crippen molar-refractivity contribution in [2.75, 3.05) is 11.9 Å². The fraction of sp³-hybridized carbons (Fsp3) is 0.533. The van der Waals surface area contributed by atoms with Crippen molar-refractivity contribution >= 4 is 11.7 Å². The van der Waals surface area contributed by atoms with Crippen LogP contribution in [0.3, 0.4) is 0 Å². The Morgan fingerprint density at radius 2 is 2.25 bits per heavy atom. The number of nitrogens with one attached hydrogen (secondary N) is 2. The van der Waals surface area contributed by atoms with Gasteiger partial charge in [0.15, 0.2) is 0 Å². The number of aryl methyl sites for hydroxylation is 1. The summed E-state index contributed by atoms with van der Waals surface area (Å²) in [5.41, 5.74) is 1.07. The van der Waals surface area contributed by atoms with Crippen molar-refractivity contribution in [3.05, 3.63) is 29.6 Å². The summed E-state index contributed by atoms with van der Waals surface area (Å²) < 4.78 is 13.5. The van der Waals surface area contributed by atoms with Crippen molar-refractivity contribution < 1.29 is 14.3 Å². The van der Waals surface area contributed by atoms with Crippen molar-refractivity contribution in [3.63, 3.8) is 0 Å². The highest BCUT2D eigenvalue weighted by atomic mass is 19.1. The van der Waals surface area contributed by atoms with Crippen LogP contribution in [0.5, 0.6) is 0 Å². The third kappa shape index (κ3) is 4.20. The van der Waals surface area contributed by atoms with Crippen LogP contribution in [0.2, 0.25) is 0 Å². The lowest BCUT2D eigenvalue weighted by molar-refractivity contribution is 0.101. The van der Waals surface area contributed by atoms with Crippen LogP contribution < -0.4 is 10.6 Å². The zero-order valence-electron chi connectivity index (χ0n) is 11.7. The molecule has 110 valence electrons. The molecule has 0 bridgehead atoms. The van der Waals surface area contributed by atoms with Gasteiger partial charge in [0.2, 0.25) is 0 Å². The molecule has 0 spiro atoms. The zero-order chi connectivity index (χ0) is 14.5. The minimum absolute atomic E-state index is 0.186. The molecule has 20 heavy (non-hydrogen) atoms. The van der Waals surface area contributed by atoms with Gasteiger partial charge in [0.1, 0.15) is 5.82 Å². The predicted octanol–water partition coefficient (Wildman–Crippen LogP) is 2.81. The van der Waals surface area contributed by atoms with E-state index in [1.165, 1.54) is 6.07 Å². The van der Waals surface area contributed by atoms with E-state index in [2.05, 4.69) is 10.6 Å². The van der Waals surface area contributed by atoms with Crippen LogP contribution in [0.4, 0.5) is 14.9 Å². The van der Waals surface area contributed by atoms with Crippen LogP contribution in [0.25, 0.3) is 0 Å². The number of urea groups is 1. The van der Waals surface area contributed by atoms with Gasteiger partial charge in [-0.05, 0) is 49.8 Å². The topological polar surface area (TPSA) is 61.4 Å². The highest BCUT2D eigenvalue weighted by Gasteiger charge is 2.20. The molecule has 2 unspecified atom stereocenters. The third-order valence-electron chi connectivity index (χ3n) is 3.68. The van der Waals surface area contributed by atoms with Crippen molar-refractivity contribution in [3.8, 4) is 0 Å². The van der Waals surface area contributed by atoms with E-state index in [1.807, 2.05) is 6.92 Å². The molecule has 2 atom stereocenters. The van der Waals surface area contributed by atoms with Gasteiger partial charge in [-0.15, -0.1) is 0 Å². The lowest BCUT2D eigenvalue weighted by Gasteiger charge is -2.25. The maximum absolute atomic E-state index is 13.5. The number of halogens is 1.